The first-order valence-electron chi connectivity index (χ1n) is 7.61. The van der Waals surface area contributed by atoms with E-state index in [-0.39, 0.29) is 6.04 Å². The summed E-state index contributed by atoms with van der Waals surface area (Å²) >= 11 is 0. The Morgan fingerprint density at radius 2 is 2.14 bits per heavy atom. The van der Waals surface area contributed by atoms with Gasteiger partial charge in [-0.25, -0.2) is 0 Å². The highest BCUT2D eigenvalue weighted by molar-refractivity contribution is 5.35. The molecule has 0 aliphatic rings. The molecule has 2 aromatic heterocycles. The van der Waals surface area contributed by atoms with Gasteiger partial charge in [0.15, 0.2) is 0 Å². The summed E-state index contributed by atoms with van der Waals surface area (Å²) in [6, 6.07) is 4.16. The van der Waals surface area contributed by atoms with E-state index < -0.39 is 0 Å². The minimum atomic E-state index is 0.0846. The molecule has 114 valence electrons. The van der Waals surface area contributed by atoms with E-state index in [2.05, 4.69) is 30.2 Å². The first kappa shape index (κ1) is 15.6. The zero-order chi connectivity index (χ0) is 15.1. The fraction of sp³-hybridized carbons (Fsp3) is 0.471. The lowest BCUT2D eigenvalue weighted by atomic mass is 10.0. The number of rotatable bonds is 8. The van der Waals surface area contributed by atoms with Crippen molar-refractivity contribution >= 4 is 0 Å². The van der Waals surface area contributed by atoms with Crippen LogP contribution in [0.3, 0.4) is 0 Å². The number of aromatic nitrogens is 1. The van der Waals surface area contributed by atoms with Crippen molar-refractivity contribution in [2.45, 2.75) is 39.7 Å². The fourth-order valence-electron chi connectivity index (χ4n) is 2.28. The minimum Gasteiger partial charge on any atom is -0.492 e. The van der Waals surface area contributed by atoms with Crippen molar-refractivity contribution in [1.29, 1.82) is 0 Å². The van der Waals surface area contributed by atoms with Crippen LogP contribution in [0.4, 0.5) is 0 Å². The van der Waals surface area contributed by atoms with E-state index in [9.17, 15) is 0 Å². The van der Waals surface area contributed by atoms with Gasteiger partial charge in [0.1, 0.15) is 11.5 Å². The van der Waals surface area contributed by atoms with Crippen molar-refractivity contribution in [2.24, 2.45) is 0 Å². The Labute approximate surface area is 126 Å². The van der Waals surface area contributed by atoms with E-state index in [4.69, 9.17) is 9.15 Å². The average Bonchev–Trinajstić information content (AvgIpc) is 2.92. The number of nitrogens with one attached hydrogen (secondary N) is 1. The van der Waals surface area contributed by atoms with Gasteiger partial charge in [-0.15, -0.1) is 0 Å². The first-order valence-corrected chi connectivity index (χ1v) is 7.61. The molecule has 0 radical (unpaired) electrons. The molecule has 0 amide bonds. The molecule has 0 aliphatic carbocycles. The van der Waals surface area contributed by atoms with Crippen LogP contribution in [0, 0.1) is 6.92 Å². The first-order chi connectivity index (χ1) is 10.3. The van der Waals surface area contributed by atoms with Crippen molar-refractivity contribution in [3.05, 3.63) is 47.7 Å². The van der Waals surface area contributed by atoms with Gasteiger partial charge in [-0.2, -0.15) is 0 Å². The Balaban J connectivity index is 2.26. The van der Waals surface area contributed by atoms with E-state index >= 15 is 0 Å². The summed E-state index contributed by atoms with van der Waals surface area (Å²) < 4.78 is 11.1. The van der Waals surface area contributed by atoms with Gasteiger partial charge in [0.2, 0.25) is 0 Å². The van der Waals surface area contributed by atoms with E-state index in [1.54, 1.807) is 12.5 Å². The second-order valence-electron chi connectivity index (χ2n) is 5.12. The maximum Gasteiger partial charge on any atom is 0.137 e. The molecule has 0 spiro atoms. The lowest BCUT2D eigenvalue weighted by Gasteiger charge is -2.19. The molecule has 2 aromatic rings. The second-order valence-corrected chi connectivity index (χ2v) is 5.12. The molecule has 1 N–H and O–H groups in total. The predicted octanol–water partition coefficient (Wildman–Crippen LogP) is 3.86. The second kappa shape index (κ2) is 7.84. The van der Waals surface area contributed by atoms with Crippen LogP contribution in [0.15, 0.2) is 35.2 Å². The van der Waals surface area contributed by atoms with Gasteiger partial charge in [-0.1, -0.05) is 13.8 Å². The smallest absolute Gasteiger partial charge is 0.137 e. The van der Waals surface area contributed by atoms with Crippen molar-refractivity contribution in [3.63, 3.8) is 0 Å². The number of hydrogen-bond acceptors (Lipinski definition) is 4. The van der Waals surface area contributed by atoms with Crippen LogP contribution in [-0.4, -0.2) is 18.1 Å². The number of aryl methyl sites for hydroxylation is 1. The average molecular weight is 288 g/mol. The third kappa shape index (κ3) is 4.08. The van der Waals surface area contributed by atoms with Crippen molar-refractivity contribution < 1.29 is 9.15 Å². The normalized spacial score (nSPS) is 12.3. The third-order valence-corrected chi connectivity index (χ3v) is 3.35. The van der Waals surface area contributed by atoms with Gasteiger partial charge in [0.05, 0.1) is 25.1 Å². The summed E-state index contributed by atoms with van der Waals surface area (Å²) in [5.41, 5.74) is 2.25. The Hall–Kier alpha value is -1.81. The topological polar surface area (TPSA) is 47.3 Å². The van der Waals surface area contributed by atoms with Crippen LogP contribution < -0.4 is 10.1 Å². The number of pyridine rings is 1. The lowest BCUT2D eigenvalue weighted by molar-refractivity contribution is 0.315. The Kier molecular flexibility index (Phi) is 5.81. The Morgan fingerprint density at radius 3 is 2.81 bits per heavy atom. The van der Waals surface area contributed by atoms with Crippen LogP contribution in [0.5, 0.6) is 5.75 Å². The number of hydrogen-bond donors (Lipinski definition) is 1. The molecule has 0 aliphatic heterocycles. The highest BCUT2D eigenvalue weighted by Crippen LogP contribution is 2.27. The molecule has 0 aromatic carbocycles. The molecule has 0 saturated heterocycles. The SMILES string of the molecule is CCCNC(c1cncc(OCCC)c1)c1ccoc1C. The zero-order valence-corrected chi connectivity index (χ0v) is 13.1. The van der Waals surface area contributed by atoms with Crippen LogP contribution in [0.1, 0.15) is 49.6 Å². The standard InChI is InChI=1S/C17H24N2O2/c1-4-7-19-17(16-6-9-20-13(16)3)14-10-15(12-18-11-14)21-8-5-2/h6,9-12,17,19H,4-5,7-8H2,1-3H3. The van der Waals surface area contributed by atoms with Gasteiger partial charge in [-0.05, 0) is 44.0 Å². The number of furan rings is 1. The summed E-state index contributed by atoms with van der Waals surface area (Å²) in [6.45, 7) is 7.89. The van der Waals surface area contributed by atoms with Crippen molar-refractivity contribution in [1.82, 2.24) is 10.3 Å². The number of nitrogens with zero attached hydrogens (tertiary/aromatic N) is 1. The van der Waals surface area contributed by atoms with Crippen LogP contribution >= 0.6 is 0 Å². The summed E-state index contributed by atoms with van der Waals surface area (Å²) in [6.07, 6.45) is 7.45. The highest BCUT2D eigenvalue weighted by Gasteiger charge is 2.18. The van der Waals surface area contributed by atoms with Gasteiger partial charge in [0, 0.05) is 11.8 Å². The molecular formula is C17H24N2O2. The molecule has 4 heteroatoms. The zero-order valence-electron chi connectivity index (χ0n) is 13.1. The molecule has 0 bridgehead atoms. The summed E-state index contributed by atoms with van der Waals surface area (Å²) in [5, 5.41) is 3.56. The van der Waals surface area contributed by atoms with Gasteiger partial charge in [0.25, 0.3) is 0 Å². The maximum absolute atomic E-state index is 5.68. The quantitative estimate of drug-likeness (QED) is 0.801. The molecule has 21 heavy (non-hydrogen) atoms. The van der Waals surface area contributed by atoms with Gasteiger partial charge >= 0.3 is 0 Å². The minimum absolute atomic E-state index is 0.0846. The van der Waals surface area contributed by atoms with Crippen molar-refractivity contribution in [2.75, 3.05) is 13.2 Å². The summed E-state index contributed by atoms with van der Waals surface area (Å²) in [7, 11) is 0. The van der Waals surface area contributed by atoms with E-state index in [1.807, 2.05) is 19.2 Å². The predicted molar refractivity (Wildman–Crippen MR) is 83.6 cm³/mol. The van der Waals surface area contributed by atoms with E-state index in [1.165, 1.54) is 0 Å². The molecule has 2 rings (SSSR count). The Morgan fingerprint density at radius 1 is 1.29 bits per heavy atom. The van der Waals surface area contributed by atoms with Crippen LogP contribution in [0.25, 0.3) is 0 Å². The fourth-order valence-corrected chi connectivity index (χ4v) is 2.28. The largest absolute Gasteiger partial charge is 0.492 e. The van der Waals surface area contributed by atoms with E-state index in [0.29, 0.717) is 6.61 Å². The van der Waals surface area contributed by atoms with Crippen LogP contribution in [0.2, 0.25) is 0 Å². The van der Waals surface area contributed by atoms with Crippen molar-refractivity contribution in [3.8, 4) is 5.75 Å². The molecule has 0 saturated carbocycles. The van der Waals surface area contributed by atoms with E-state index in [0.717, 1.165) is 42.0 Å². The van der Waals surface area contributed by atoms with Gasteiger partial charge < -0.3 is 14.5 Å². The lowest BCUT2D eigenvalue weighted by Crippen LogP contribution is -2.23. The maximum atomic E-state index is 5.68. The molecular weight excluding hydrogens is 264 g/mol. The highest BCUT2D eigenvalue weighted by atomic mass is 16.5. The molecule has 1 unspecified atom stereocenters. The number of ether oxygens (including phenoxy) is 1. The molecule has 2 heterocycles. The summed E-state index contributed by atoms with van der Waals surface area (Å²) in [5.74, 6) is 1.75. The summed E-state index contributed by atoms with van der Waals surface area (Å²) in [4.78, 5) is 4.31. The third-order valence-electron chi connectivity index (χ3n) is 3.35. The molecule has 4 nitrogen and oxygen atoms in total. The monoisotopic (exact) mass is 288 g/mol. The van der Waals surface area contributed by atoms with Crippen LogP contribution in [-0.2, 0) is 0 Å². The Bertz CT molecular complexity index is 551. The van der Waals surface area contributed by atoms with Gasteiger partial charge in [-0.3, -0.25) is 4.98 Å². The molecule has 0 fully saturated rings. The molecule has 1 atom stereocenters.